The summed E-state index contributed by atoms with van der Waals surface area (Å²) in [5.41, 5.74) is 4.33. The van der Waals surface area contributed by atoms with E-state index in [4.69, 9.17) is 0 Å². The maximum atomic E-state index is 12.6. The van der Waals surface area contributed by atoms with Gasteiger partial charge in [0.1, 0.15) is 0 Å². The van der Waals surface area contributed by atoms with E-state index in [1.807, 2.05) is 74.5 Å². The van der Waals surface area contributed by atoms with Gasteiger partial charge in [0.25, 0.3) is 0 Å². The van der Waals surface area contributed by atoms with Crippen molar-refractivity contribution in [3.63, 3.8) is 0 Å². The predicted molar refractivity (Wildman–Crippen MR) is 108 cm³/mol. The van der Waals surface area contributed by atoms with E-state index in [1.54, 1.807) is 18.2 Å². The summed E-state index contributed by atoms with van der Waals surface area (Å²) in [5, 5.41) is 2.97. The molecule has 0 aliphatic carbocycles. The molecule has 0 saturated heterocycles. The molecule has 27 heavy (non-hydrogen) atoms. The first kappa shape index (κ1) is 18.6. The van der Waals surface area contributed by atoms with Crippen molar-refractivity contribution >= 4 is 11.7 Å². The van der Waals surface area contributed by atoms with Gasteiger partial charge in [0.15, 0.2) is 5.78 Å². The topological polar surface area (TPSA) is 46.2 Å². The van der Waals surface area contributed by atoms with Crippen molar-refractivity contribution in [1.29, 1.82) is 0 Å². The van der Waals surface area contributed by atoms with Crippen molar-refractivity contribution in [2.45, 2.75) is 26.3 Å². The number of nitrogens with one attached hydrogen (secondary N) is 1. The summed E-state index contributed by atoms with van der Waals surface area (Å²) in [7, 11) is 0. The van der Waals surface area contributed by atoms with E-state index in [2.05, 4.69) is 5.32 Å². The Hall–Kier alpha value is -3.20. The minimum absolute atomic E-state index is 0.0373. The van der Waals surface area contributed by atoms with Gasteiger partial charge < -0.3 is 5.32 Å². The van der Waals surface area contributed by atoms with Crippen molar-refractivity contribution in [2.75, 3.05) is 0 Å². The van der Waals surface area contributed by atoms with Crippen molar-refractivity contribution in [3.05, 3.63) is 107 Å². The molecule has 0 fully saturated rings. The zero-order valence-electron chi connectivity index (χ0n) is 15.6. The first-order valence-electron chi connectivity index (χ1n) is 9.07. The summed E-state index contributed by atoms with van der Waals surface area (Å²) in [5.74, 6) is -0.427. The fourth-order valence-corrected chi connectivity index (χ4v) is 2.91. The molecule has 1 amide bonds. The number of rotatable bonds is 6. The standard InChI is InChI=1S/C24H23NO2/c1-17-11-13-19(14-12-17)16-25-24(27)18(2)21-9-6-10-22(15-21)23(26)20-7-4-3-5-8-20/h3-15,18H,16H2,1-2H3,(H,25,27). The van der Waals surface area contributed by atoms with Crippen molar-refractivity contribution in [2.24, 2.45) is 0 Å². The number of hydrogen-bond donors (Lipinski definition) is 1. The molecule has 0 heterocycles. The monoisotopic (exact) mass is 357 g/mol. The lowest BCUT2D eigenvalue weighted by molar-refractivity contribution is -0.122. The second-order valence-corrected chi connectivity index (χ2v) is 6.75. The third-order valence-electron chi connectivity index (χ3n) is 4.67. The number of aryl methyl sites for hydroxylation is 1. The fraction of sp³-hybridized carbons (Fsp3) is 0.167. The molecule has 0 radical (unpaired) electrons. The van der Waals surface area contributed by atoms with Crippen LogP contribution in [-0.4, -0.2) is 11.7 Å². The molecule has 0 aliphatic rings. The number of benzene rings is 3. The van der Waals surface area contributed by atoms with Gasteiger partial charge in [0, 0.05) is 17.7 Å². The van der Waals surface area contributed by atoms with E-state index in [0.29, 0.717) is 17.7 Å². The zero-order chi connectivity index (χ0) is 19.2. The molecule has 0 aromatic heterocycles. The molecule has 0 saturated carbocycles. The Kier molecular flexibility index (Phi) is 5.82. The highest BCUT2D eigenvalue weighted by Gasteiger charge is 2.17. The van der Waals surface area contributed by atoms with Gasteiger partial charge >= 0.3 is 0 Å². The Balaban J connectivity index is 1.69. The summed E-state index contributed by atoms with van der Waals surface area (Å²) in [6.45, 7) is 4.39. The van der Waals surface area contributed by atoms with Crippen LogP contribution in [0.2, 0.25) is 0 Å². The maximum absolute atomic E-state index is 12.6. The van der Waals surface area contributed by atoms with Crippen molar-refractivity contribution < 1.29 is 9.59 Å². The third-order valence-corrected chi connectivity index (χ3v) is 4.67. The molecule has 3 rings (SSSR count). The van der Waals surface area contributed by atoms with Crippen LogP contribution in [0.1, 0.15) is 45.5 Å². The van der Waals surface area contributed by atoms with Crippen LogP contribution in [0.3, 0.4) is 0 Å². The Morgan fingerprint density at radius 2 is 1.52 bits per heavy atom. The van der Waals surface area contributed by atoms with Gasteiger partial charge in [-0.2, -0.15) is 0 Å². The Morgan fingerprint density at radius 1 is 0.852 bits per heavy atom. The SMILES string of the molecule is Cc1ccc(CNC(=O)C(C)c2cccc(C(=O)c3ccccc3)c2)cc1. The fourth-order valence-electron chi connectivity index (χ4n) is 2.91. The molecular weight excluding hydrogens is 334 g/mol. The van der Waals surface area contributed by atoms with Gasteiger partial charge in [0.05, 0.1) is 5.92 Å². The molecule has 0 bridgehead atoms. The summed E-state index contributed by atoms with van der Waals surface area (Å²) in [6.07, 6.45) is 0. The molecule has 0 aliphatic heterocycles. The van der Waals surface area contributed by atoms with Crippen LogP contribution in [0.25, 0.3) is 0 Å². The minimum Gasteiger partial charge on any atom is -0.352 e. The van der Waals surface area contributed by atoms with E-state index in [1.165, 1.54) is 5.56 Å². The van der Waals surface area contributed by atoms with E-state index < -0.39 is 0 Å². The first-order valence-corrected chi connectivity index (χ1v) is 9.07. The van der Waals surface area contributed by atoms with Crippen LogP contribution in [0.4, 0.5) is 0 Å². The molecule has 1 N–H and O–H groups in total. The molecule has 1 atom stereocenters. The third kappa shape index (κ3) is 4.70. The number of ketones is 1. The molecule has 3 heteroatoms. The predicted octanol–water partition coefficient (Wildman–Crippen LogP) is 4.65. The molecule has 3 nitrogen and oxygen atoms in total. The van der Waals surface area contributed by atoms with Crippen LogP contribution < -0.4 is 5.32 Å². The maximum Gasteiger partial charge on any atom is 0.227 e. The van der Waals surface area contributed by atoms with E-state index in [9.17, 15) is 9.59 Å². The number of amides is 1. The molecule has 3 aromatic rings. The Bertz CT molecular complexity index is 930. The van der Waals surface area contributed by atoms with E-state index in [0.717, 1.165) is 11.1 Å². The van der Waals surface area contributed by atoms with Crippen LogP contribution in [-0.2, 0) is 11.3 Å². The summed E-state index contributed by atoms with van der Waals surface area (Å²) < 4.78 is 0. The van der Waals surface area contributed by atoms with Crippen LogP contribution in [0.15, 0.2) is 78.9 Å². The summed E-state index contributed by atoms with van der Waals surface area (Å²) >= 11 is 0. The van der Waals surface area contributed by atoms with Crippen molar-refractivity contribution in [1.82, 2.24) is 5.32 Å². The van der Waals surface area contributed by atoms with Gasteiger partial charge in [-0.15, -0.1) is 0 Å². The number of hydrogen-bond acceptors (Lipinski definition) is 2. The van der Waals surface area contributed by atoms with E-state index in [-0.39, 0.29) is 17.6 Å². The highest BCUT2D eigenvalue weighted by Crippen LogP contribution is 2.19. The van der Waals surface area contributed by atoms with Gasteiger partial charge in [-0.3, -0.25) is 9.59 Å². The average molecular weight is 357 g/mol. The Morgan fingerprint density at radius 3 is 2.22 bits per heavy atom. The Labute approximate surface area is 160 Å². The molecular formula is C24H23NO2. The number of carbonyl (C=O) groups is 2. The lowest BCUT2D eigenvalue weighted by atomic mass is 9.95. The average Bonchev–Trinajstić information content (AvgIpc) is 2.72. The minimum atomic E-state index is -0.334. The summed E-state index contributed by atoms with van der Waals surface area (Å²) in [4.78, 5) is 25.2. The molecule has 1 unspecified atom stereocenters. The van der Waals surface area contributed by atoms with Gasteiger partial charge in [-0.1, -0.05) is 78.4 Å². The number of carbonyl (C=O) groups excluding carboxylic acids is 2. The second-order valence-electron chi connectivity index (χ2n) is 6.75. The van der Waals surface area contributed by atoms with Crippen molar-refractivity contribution in [3.8, 4) is 0 Å². The van der Waals surface area contributed by atoms with Gasteiger partial charge in [0.2, 0.25) is 5.91 Å². The molecule has 136 valence electrons. The van der Waals surface area contributed by atoms with E-state index >= 15 is 0 Å². The highest BCUT2D eigenvalue weighted by molar-refractivity contribution is 6.09. The molecule has 0 spiro atoms. The quantitative estimate of drug-likeness (QED) is 0.653. The van der Waals surface area contributed by atoms with Gasteiger partial charge in [-0.05, 0) is 31.0 Å². The lowest BCUT2D eigenvalue weighted by Crippen LogP contribution is -2.27. The molecule has 3 aromatic carbocycles. The zero-order valence-corrected chi connectivity index (χ0v) is 15.6. The van der Waals surface area contributed by atoms with Gasteiger partial charge in [-0.25, -0.2) is 0 Å². The smallest absolute Gasteiger partial charge is 0.227 e. The van der Waals surface area contributed by atoms with Crippen LogP contribution >= 0.6 is 0 Å². The highest BCUT2D eigenvalue weighted by atomic mass is 16.1. The first-order chi connectivity index (χ1) is 13.0. The van der Waals surface area contributed by atoms with Crippen LogP contribution in [0, 0.1) is 6.92 Å². The normalized spacial score (nSPS) is 11.6. The second kappa shape index (κ2) is 8.45. The van der Waals surface area contributed by atoms with Crippen LogP contribution in [0.5, 0.6) is 0 Å². The summed E-state index contributed by atoms with van der Waals surface area (Å²) in [6, 6.07) is 24.6. The largest absolute Gasteiger partial charge is 0.352 e. The lowest BCUT2D eigenvalue weighted by Gasteiger charge is -2.14.